The van der Waals surface area contributed by atoms with Crippen LogP contribution < -0.4 is 0 Å². The predicted octanol–water partition coefficient (Wildman–Crippen LogP) is 1.79. The van der Waals surface area contributed by atoms with Crippen molar-refractivity contribution in [2.24, 2.45) is 0 Å². The van der Waals surface area contributed by atoms with E-state index in [4.69, 9.17) is 13.3 Å². The Morgan fingerprint density at radius 1 is 1.40 bits per heavy atom. The van der Waals surface area contributed by atoms with Gasteiger partial charge in [-0.2, -0.15) is 0 Å². The Kier molecular flexibility index (Phi) is 6.67. The number of allylic oxidation sites excluding steroid dienone is 1. The third-order valence-electron chi connectivity index (χ3n) is 2.29. The summed E-state index contributed by atoms with van der Waals surface area (Å²) in [5.41, 5.74) is -0.357. The van der Waals surface area contributed by atoms with Crippen molar-refractivity contribution in [2.45, 2.75) is 25.8 Å². The van der Waals surface area contributed by atoms with Crippen LogP contribution in [0.3, 0.4) is 0 Å². The van der Waals surface area contributed by atoms with E-state index in [0.29, 0.717) is 13.0 Å². The predicted molar refractivity (Wildman–Crippen MR) is 60.6 cm³/mol. The van der Waals surface area contributed by atoms with Crippen LogP contribution in [0.5, 0.6) is 0 Å². The maximum Gasteiger partial charge on any atom is 0.511 e. The first-order valence-electron chi connectivity index (χ1n) is 5.02. The second-order valence-electron chi connectivity index (χ2n) is 3.01. The van der Waals surface area contributed by atoms with E-state index in [9.17, 15) is 4.79 Å². The summed E-state index contributed by atoms with van der Waals surface area (Å²) in [7, 11) is 0.159. The molecule has 0 aromatic carbocycles. The monoisotopic (exact) mass is 232 g/mol. The number of carbonyl (C=O) groups is 1. The quantitative estimate of drug-likeness (QED) is 0.473. The molecule has 0 aliphatic carbocycles. The van der Waals surface area contributed by atoms with Crippen LogP contribution in [0.2, 0.25) is 5.54 Å². The maximum absolute atomic E-state index is 11.7. The minimum absolute atomic E-state index is 0.0821. The molecule has 0 amide bonds. The SMILES string of the molecule is C=CC(=O)C(CC)[Si](OC)(OC)OCC. The first-order chi connectivity index (χ1) is 7.11. The van der Waals surface area contributed by atoms with E-state index in [0.717, 1.165) is 0 Å². The molecule has 1 atom stereocenters. The molecular weight excluding hydrogens is 212 g/mol. The summed E-state index contributed by atoms with van der Waals surface area (Å²) in [6.45, 7) is 7.70. The lowest BCUT2D eigenvalue weighted by atomic mass is 10.2. The molecular formula is C10H20O4Si. The van der Waals surface area contributed by atoms with E-state index in [2.05, 4.69) is 6.58 Å². The molecule has 0 saturated heterocycles. The van der Waals surface area contributed by atoms with E-state index >= 15 is 0 Å². The number of hydrogen-bond acceptors (Lipinski definition) is 4. The first-order valence-corrected chi connectivity index (χ1v) is 6.82. The number of ketones is 1. The molecule has 0 bridgehead atoms. The molecule has 0 aromatic heterocycles. The fraction of sp³-hybridized carbons (Fsp3) is 0.700. The Labute approximate surface area is 92.6 Å². The summed E-state index contributed by atoms with van der Waals surface area (Å²) < 4.78 is 16.2. The van der Waals surface area contributed by atoms with Gasteiger partial charge in [0.25, 0.3) is 0 Å². The minimum atomic E-state index is -2.88. The van der Waals surface area contributed by atoms with E-state index in [1.165, 1.54) is 20.3 Å². The lowest BCUT2D eigenvalue weighted by Gasteiger charge is -2.31. The van der Waals surface area contributed by atoms with Crippen molar-refractivity contribution in [3.8, 4) is 0 Å². The summed E-state index contributed by atoms with van der Waals surface area (Å²) in [5, 5.41) is 0. The zero-order valence-electron chi connectivity index (χ0n) is 9.91. The van der Waals surface area contributed by atoms with Crippen molar-refractivity contribution in [3.63, 3.8) is 0 Å². The summed E-state index contributed by atoms with van der Waals surface area (Å²) in [4.78, 5) is 11.7. The van der Waals surface area contributed by atoms with E-state index in [1.54, 1.807) is 0 Å². The van der Waals surface area contributed by atoms with Crippen LogP contribution in [0.4, 0.5) is 0 Å². The minimum Gasteiger partial charge on any atom is -0.376 e. The fourth-order valence-electron chi connectivity index (χ4n) is 1.56. The smallest absolute Gasteiger partial charge is 0.376 e. The molecule has 0 rings (SSSR count). The van der Waals surface area contributed by atoms with Gasteiger partial charge >= 0.3 is 8.80 Å². The lowest BCUT2D eigenvalue weighted by Crippen LogP contribution is -2.50. The fourth-order valence-corrected chi connectivity index (χ4v) is 4.10. The summed E-state index contributed by atoms with van der Waals surface area (Å²) in [6, 6.07) is 0. The van der Waals surface area contributed by atoms with Crippen LogP contribution >= 0.6 is 0 Å². The molecule has 4 nitrogen and oxygen atoms in total. The highest BCUT2D eigenvalue weighted by atomic mass is 28.4. The Morgan fingerprint density at radius 2 is 1.93 bits per heavy atom. The molecule has 0 aliphatic heterocycles. The highest BCUT2D eigenvalue weighted by Gasteiger charge is 2.49. The molecule has 0 aromatic rings. The normalized spacial score (nSPS) is 13.6. The average molecular weight is 232 g/mol. The molecule has 1 unspecified atom stereocenters. The van der Waals surface area contributed by atoms with Crippen molar-refractivity contribution in [1.29, 1.82) is 0 Å². The van der Waals surface area contributed by atoms with Crippen LogP contribution in [0.15, 0.2) is 12.7 Å². The molecule has 0 heterocycles. The van der Waals surface area contributed by atoms with Gasteiger partial charge in [0.15, 0.2) is 5.78 Å². The molecule has 0 fully saturated rings. The van der Waals surface area contributed by atoms with Gasteiger partial charge in [-0.1, -0.05) is 13.5 Å². The third-order valence-corrected chi connectivity index (χ3v) is 5.67. The highest BCUT2D eigenvalue weighted by molar-refractivity contribution is 6.66. The Morgan fingerprint density at radius 3 is 2.20 bits per heavy atom. The lowest BCUT2D eigenvalue weighted by molar-refractivity contribution is -0.116. The Hall–Kier alpha value is -0.493. The maximum atomic E-state index is 11.7. The van der Waals surface area contributed by atoms with Gasteiger partial charge in [0.1, 0.15) is 0 Å². The zero-order valence-corrected chi connectivity index (χ0v) is 10.9. The average Bonchev–Trinajstić information content (AvgIpc) is 2.28. The van der Waals surface area contributed by atoms with Crippen molar-refractivity contribution >= 4 is 14.6 Å². The van der Waals surface area contributed by atoms with Crippen LogP contribution in [-0.4, -0.2) is 35.4 Å². The Bertz CT molecular complexity index is 213. The number of rotatable bonds is 8. The van der Waals surface area contributed by atoms with Crippen LogP contribution in [0, 0.1) is 0 Å². The molecule has 0 aliphatic rings. The Balaban J connectivity index is 4.98. The largest absolute Gasteiger partial charge is 0.511 e. The van der Waals surface area contributed by atoms with Gasteiger partial charge in [-0.3, -0.25) is 4.79 Å². The standard InChI is InChI=1S/C10H20O4Si/c1-6-9(11)10(7-2)15(12-4,13-5)14-8-3/h6,10H,1,7-8H2,2-5H3. The molecule has 0 saturated carbocycles. The van der Waals surface area contributed by atoms with Gasteiger partial charge in [0.2, 0.25) is 0 Å². The van der Waals surface area contributed by atoms with E-state index < -0.39 is 8.80 Å². The first kappa shape index (κ1) is 14.5. The summed E-state index contributed by atoms with van der Waals surface area (Å²) in [6.07, 6.45) is 1.92. The van der Waals surface area contributed by atoms with Gasteiger partial charge < -0.3 is 13.3 Å². The van der Waals surface area contributed by atoms with E-state index in [-0.39, 0.29) is 11.3 Å². The number of hydrogen-bond donors (Lipinski definition) is 0. The van der Waals surface area contributed by atoms with Gasteiger partial charge in [-0.15, -0.1) is 0 Å². The second-order valence-corrected chi connectivity index (χ2v) is 6.02. The van der Waals surface area contributed by atoms with Crippen LogP contribution in [0.1, 0.15) is 20.3 Å². The second kappa shape index (κ2) is 6.89. The molecule has 88 valence electrons. The van der Waals surface area contributed by atoms with E-state index in [1.807, 2.05) is 13.8 Å². The van der Waals surface area contributed by atoms with Gasteiger partial charge in [0.05, 0.1) is 5.54 Å². The molecule has 0 radical (unpaired) electrons. The summed E-state index contributed by atoms with van der Waals surface area (Å²) in [5.74, 6) is -0.0821. The molecule has 0 spiro atoms. The van der Waals surface area contributed by atoms with Gasteiger partial charge in [-0.05, 0) is 19.4 Å². The molecule has 0 N–H and O–H groups in total. The van der Waals surface area contributed by atoms with Crippen molar-refractivity contribution in [3.05, 3.63) is 12.7 Å². The van der Waals surface area contributed by atoms with Gasteiger partial charge in [0, 0.05) is 20.8 Å². The third kappa shape index (κ3) is 3.24. The number of carbonyl (C=O) groups excluding carboxylic acids is 1. The van der Waals surface area contributed by atoms with Crippen molar-refractivity contribution < 1.29 is 18.1 Å². The summed E-state index contributed by atoms with van der Waals surface area (Å²) >= 11 is 0. The van der Waals surface area contributed by atoms with Gasteiger partial charge in [-0.25, -0.2) is 0 Å². The zero-order chi connectivity index (χ0) is 11.9. The highest BCUT2D eigenvalue weighted by Crippen LogP contribution is 2.29. The van der Waals surface area contributed by atoms with Crippen molar-refractivity contribution in [2.75, 3.05) is 20.8 Å². The molecule has 5 heteroatoms. The topological polar surface area (TPSA) is 44.8 Å². The van der Waals surface area contributed by atoms with Crippen LogP contribution in [0.25, 0.3) is 0 Å². The van der Waals surface area contributed by atoms with Crippen molar-refractivity contribution in [1.82, 2.24) is 0 Å². The van der Waals surface area contributed by atoms with Crippen LogP contribution in [-0.2, 0) is 18.1 Å². The molecule has 15 heavy (non-hydrogen) atoms.